The number of nitrogens with two attached hydrogens (primary N) is 3. The van der Waals surface area contributed by atoms with Gasteiger partial charge in [-0.25, -0.2) is 0 Å². The van der Waals surface area contributed by atoms with Gasteiger partial charge in [-0.05, 0) is 32.1 Å². The minimum Gasteiger partial charge on any atom is -0.481 e. The van der Waals surface area contributed by atoms with Gasteiger partial charge in [0.15, 0.2) is 0 Å². The Morgan fingerprint density at radius 1 is 0.542 bits per heavy atom. The van der Waals surface area contributed by atoms with Crippen molar-refractivity contribution in [3.8, 4) is 0 Å². The van der Waals surface area contributed by atoms with Crippen LogP contribution in [0.3, 0.4) is 0 Å². The van der Waals surface area contributed by atoms with Gasteiger partial charge >= 0.3 is 17.9 Å². The van der Waals surface area contributed by atoms with E-state index in [1.807, 2.05) is 5.32 Å². The molecule has 0 aromatic carbocycles. The first-order valence-electron chi connectivity index (χ1n) is 14.7. The van der Waals surface area contributed by atoms with Gasteiger partial charge in [0.2, 0.25) is 41.4 Å². The van der Waals surface area contributed by atoms with Crippen molar-refractivity contribution < 1.29 is 63.3 Å². The molecule has 0 rings (SSSR count). The van der Waals surface area contributed by atoms with Crippen LogP contribution in [-0.2, 0) is 47.9 Å². The molecular formula is C27H44N8O13. The van der Waals surface area contributed by atoms with Crippen LogP contribution in [0.1, 0.15) is 65.7 Å². The number of rotatable bonds is 23. The van der Waals surface area contributed by atoms with E-state index in [0.29, 0.717) is 0 Å². The first-order chi connectivity index (χ1) is 22.2. The monoisotopic (exact) mass is 688 g/mol. The number of nitrogens with one attached hydrogen (secondary N) is 5. The molecule has 0 unspecified atom stereocenters. The third kappa shape index (κ3) is 16.8. The van der Waals surface area contributed by atoms with Crippen LogP contribution in [0.5, 0.6) is 0 Å². The Morgan fingerprint density at radius 2 is 0.979 bits per heavy atom. The largest absolute Gasteiger partial charge is 0.481 e. The molecule has 0 bridgehead atoms. The molecule has 0 aliphatic rings. The van der Waals surface area contributed by atoms with Gasteiger partial charge < -0.3 is 59.1 Å². The van der Waals surface area contributed by atoms with E-state index >= 15 is 0 Å². The zero-order chi connectivity index (χ0) is 37.3. The Labute approximate surface area is 274 Å². The van der Waals surface area contributed by atoms with E-state index < -0.39 is 134 Å². The van der Waals surface area contributed by atoms with Crippen molar-refractivity contribution >= 4 is 59.3 Å². The lowest BCUT2D eigenvalue weighted by Gasteiger charge is -2.27. The predicted octanol–water partition coefficient (Wildman–Crippen LogP) is -4.63. The highest BCUT2D eigenvalue weighted by molar-refractivity contribution is 5.97. The summed E-state index contributed by atoms with van der Waals surface area (Å²) in [4.78, 5) is 121. The Kier molecular flexibility index (Phi) is 18.4. The second-order valence-corrected chi connectivity index (χ2v) is 11.1. The number of aliphatic carboxylic acids is 3. The molecule has 6 atom stereocenters. The van der Waals surface area contributed by atoms with Gasteiger partial charge in [-0.15, -0.1) is 0 Å². The zero-order valence-electron chi connectivity index (χ0n) is 26.6. The molecule has 0 saturated heterocycles. The Morgan fingerprint density at radius 3 is 1.42 bits per heavy atom. The summed E-state index contributed by atoms with van der Waals surface area (Å²) in [7, 11) is 0. The molecule has 0 aliphatic heterocycles. The van der Waals surface area contributed by atoms with Crippen LogP contribution in [0.15, 0.2) is 0 Å². The van der Waals surface area contributed by atoms with Gasteiger partial charge in [0.1, 0.15) is 30.2 Å². The highest BCUT2D eigenvalue weighted by Crippen LogP contribution is 2.08. The van der Waals surface area contributed by atoms with Crippen molar-refractivity contribution in [2.24, 2.45) is 23.1 Å². The zero-order valence-corrected chi connectivity index (χ0v) is 26.6. The van der Waals surface area contributed by atoms with Crippen molar-refractivity contribution in [1.29, 1.82) is 0 Å². The molecule has 0 saturated carbocycles. The van der Waals surface area contributed by atoms with Gasteiger partial charge in [0, 0.05) is 19.3 Å². The normalized spacial score (nSPS) is 14.5. The van der Waals surface area contributed by atoms with Crippen LogP contribution in [0.25, 0.3) is 0 Å². The van der Waals surface area contributed by atoms with Crippen molar-refractivity contribution in [2.75, 3.05) is 0 Å². The number of carboxylic acid groups (broad SMARTS) is 3. The number of hydrogen-bond donors (Lipinski definition) is 11. The van der Waals surface area contributed by atoms with E-state index in [-0.39, 0.29) is 12.8 Å². The predicted molar refractivity (Wildman–Crippen MR) is 162 cm³/mol. The molecule has 0 aromatic heterocycles. The maximum atomic E-state index is 13.3. The van der Waals surface area contributed by atoms with E-state index in [1.54, 1.807) is 0 Å². The Balaban J connectivity index is 6.14. The second kappa shape index (κ2) is 20.7. The van der Waals surface area contributed by atoms with Crippen molar-refractivity contribution in [2.45, 2.75) is 102 Å². The number of carboxylic acids is 3. The molecule has 0 radical (unpaired) electrons. The minimum absolute atomic E-state index is 0.125. The molecule has 0 spiro atoms. The molecule has 0 aromatic rings. The van der Waals surface area contributed by atoms with Crippen LogP contribution in [0.4, 0.5) is 0 Å². The lowest BCUT2D eigenvalue weighted by Crippen LogP contribution is -2.60. The Bertz CT molecular complexity index is 1240. The summed E-state index contributed by atoms with van der Waals surface area (Å²) < 4.78 is 0. The van der Waals surface area contributed by atoms with E-state index in [4.69, 9.17) is 22.3 Å². The third-order valence-corrected chi connectivity index (χ3v) is 6.62. The minimum atomic E-state index is -1.84. The number of amides is 7. The summed E-state index contributed by atoms with van der Waals surface area (Å²) >= 11 is 0. The highest BCUT2D eigenvalue weighted by atomic mass is 16.4. The first kappa shape index (κ1) is 42.7. The number of carbonyl (C=O) groups excluding carboxylic acids is 7. The summed E-state index contributed by atoms with van der Waals surface area (Å²) in [5, 5.41) is 38.4. The molecule has 7 amide bonds. The van der Waals surface area contributed by atoms with Gasteiger partial charge in [-0.3, -0.25) is 47.9 Å². The SMILES string of the molecule is CC(C)[C@H](NC(=O)[C@@H](N)CCC(N)=O)C(=O)N[C@@H](CCC(=O)O)C(=O)N[C@@H](CCC(N)=O)C(=O)N[C@@H](CC(=O)O)C(=O)N[C@@H](C)C(=O)O. The first-order valence-corrected chi connectivity index (χ1v) is 14.7. The quantitative estimate of drug-likeness (QED) is 0.0481. The van der Waals surface area contributed by atoms with Crippen LogP contribution in [-0.4, -0.2) is 111 Å². The standard InChI is InChI=1S/C27H44N8O13/c1-11(2)21(35-22(42)13(28)4-7-17(29)36)26(46)33-15(6-9-19(38)39)23(43)32-14(5-8-18(30)37)24(44)34-16(10-20(40)41)25(45)31-12(3)27(47)48/h11-16,21H,4-10,28H2,1-3H3,(H2,29,36)(H2,30,37)(H,31,45)(H,32,43)(H,33,46)(H,34,44)(H,35,42)(H,38,39)(H,40,41)(H,47,48)/t12-,13-,14-,15-,16-,21-/m0/s1. The summed E-state index contributed by atoms with van der Waals surface area (Å²) in [6, 6.07) is -9.18. The second-order valence-electron chi connectivity index (χ2n) is 11.1. The molecule has 0 aliphatic carbocycles. The molecule has 0 heterocycles. The fourth-order valence-corrected chi connectivity index (χ4v) is 3.88. The van der Waals surface area contributed by atoms with Crippen LogP contribution >= 0.6 is 0 Å². The van der Waals surface area contributed by atoms with Gasteiger partial charge in [-0.2, -0.15) is 0 Å². The molecule has 0 fully saturated rings. The van der Waals surface area contributed by atoms with Gasteiger partial charge in [-0.1, -0.05) is 13.8 Å². The molecule has 270 valence electrons. The van der Waals surface area contributed by atoms with Crippen molar-refractivity contribution in [1.82, 2.24) is 26.6 Å². The van der Waals surface area contributed by atoms with Crippen molar-refractivity contribution in [3.05, 3.63) is 0 Å². The fraction of sp³-hybridized carbons (Fsp3) is 0.630. The lowest BCUT2D eigenvalue weighted by molar-refractivity contribution is -0.143. The molecular weight excluding hydrogens is 644 g/mol. The summed E-state index contributed by atoms with van der Waals surface area (Å²) in [6.45, 7) is 4.16. The Hall–Kier alpha value is -5.34. The average Bonchev–Trinajstić information content (AvgIpc) is 2.96. The number of hydrogen-bond acceptors (Lipinski definition) is 11. The molecule has 21 nitrogen and oxygen atoms in total. The van der Waals surface area contributed by atoms with Crippen molar-refractivity contribution in [3.63, 3.8) is 0 Å². The maximum Gasteiger partial charge on any atom is 0.325 e. The topological polar surface area (TPSA) is 370 Å². The molecule has 48 heavy (non-hydrogen) atoms. The van der Waals surface area contributed by atoms with E-state index in [0.717, 1.165) is 6.92 Å². The summed E-state index contributed by atoms with van der Waals surface area (Å²) in [5.41, 5.74) is 16.0. The number of primary amides is 2. The summed E-state index contributed by atoms with van der Waals surface area (Å²) in [6.07, 6.45) is -3.52. The van der Waals surface area contributed by atoms with Crippen LogP contribution < -0.4 is 43.8 Å². The van der Waals surface area contributed by atoms with Crippen LogP contribution in [0, 0.1) is 5.92 Å². The average molecular weight is 689 g/mol. The highest BCUT2D eigenvalue weighted by Gasteiger charge is 2.34. The smallest absolute Gasteiger partial charge is 0.325 e. The van der Waals surface area contributed by atoms with E-state index in [2.05, 4.69) is 21.3 Å². The van der Waals surface area contributed by atoms with Gasteiger partial charge in [0.05, 0.1) is 12.5 Å². The lowest BCUT2D eigenvalue weighted by atomic mass is 10.0. The fourth-order valence-electron chi connectivity index (χ4n) is 3.88. The van der Waals surface area contributed by atoms with E-state index in [9.17, 15) is 58.2 Å². The number of carbonyl (C=O) groups is 10. The van der Waals surface area contributed by atoms with Crippen LogP contribution in [0.2, 0.25) is 0 Å². The third-order valence-electron chi connectivity index (χ3n) is 6.62. The van der Waals surface area contributed by atoms with Gasteiger partial charge in [0.25, 0.3) is 0 Å². The van der Waals surface area contributed by atoms with E-state index in [1.165, 1.54) is 13.8 Å². The molecule has 14 N–H and O–H groups in total. The summed E-state index contributed by atoms with van der Waals surface area (Å²) in [5.74, 6) is -11.9. The molecule has 21 heteroatoms. The maximum absolute atomic E-state index is 13.3.